The molecule has 0 aliphatic heterocycles. The van der Waals surface area contributed by atoms with Crippen molar-refractivity contribution in [1.82, 2.24) is 10.6 Å². The predicted octanol–water partition coefficient (Wildman–Crippen LogP) is 3.44. The highest BCUT2D eigenvalue weighted by atomic mass is 16.5. The second kappa shape index (κ2) is 10.2. The van der Waals surface area contributed by atoms with Crippen molar-refractivity contribution in [3.63, 3.8) is 0 Å². The van der Waals surface area contributed by atoms with E-state index in [2.05, 4.69) is 10.6 Å². The summed E-state index contributed by atoms with van der Waals surface area (Å²) in [5, 5.41) is 5.61. The molecule has 0 bridgehead atoms. The van der Waals surface area contributed by atoms with E-state index in [1.54, 1.807) is 0 Å². The lowest BCUT2D eigenvalue weighted by Crippen LogP contribution is -2.50. The second-order valence-electron chi connectivity index (χ2n) is 6.27. The summed E-state index contributed by atoms with van der Waals surface area (Å²) in [6.07, 6.45) is 0.625. The number of hydrogen-bond donors (Lipinski definition) is 2. The van der Waals surface area contributed by atoms with Gasteiger partial charge in [-0.1, -0.05) is 67.6 Å². The number of alkyl carbamates (subject to hydrolysis) is 1. The summed E-state index contributed by atoms with van der Waals surface area (Å²) in [4.78, 5) is 24.7. The van der Waals surface area contributed by atoms with Crippen LogP contribution in [0.1, 0.15) is 31.4 Å². The Morgan fingerprint density at radius 1 is 0.923 bits per heavy atom. The molecule has 2 aromatic carbocycles. The molecular weight excluding hydrogens is 328 g/mol. The molecule has 0 aromatic heterocycles. The van der Waals surface area contributed by atoms with Crippen LogP contribution in [-0.4, -0.2) is 24.1 Å². The zero-order valence-corrected chi connectivity index (χ0v) is 15.3. The highest BCUT2D eigenvalue weighted by Gasteiger charge is 2.23. The molecule has 0 saturated carbocycles. The first-order valence-electron chi connectivity index (χ1n) is 8.90. The summed E-state index contributed by atoms with van der Waals surface area (Å²) in [6, 6.07) is 18.4. The number of carbonyl (C=O) groups excluding carboxylic acids is 2. The first-order chi connectivity index (χ1) is 12.6. The molecule has 5 heteroatoms. The molecule has 0 unspecified atom stereocenters. The van der Waals surface area contributed by atoms with E-state index in [1.165, 1.54) is 0 Å². The van der Waals surface area contributed by atoms with Gasteiger partial charge >= 0.3 is 6.09 Å². The molecule has 0 aliphatic carbocycles. The van der Waals surface area contributed by atoms with Gasteiger partial charge in [-0.3, -0.25) is 4.79 Å². The van der Waals surface area contributed by atoms with Gasteiger partial charge in [-0.05, 0) is 24.5 Å². The van der Waals surface area contributed by atoms with Crippen LogP contribution in [0.5, 0.6) is 0 Å². The van der Waals surface area contributed by atoms with Crippen molar-refractivity contribution in [2.45, 2.75) is 45.4 Å². The van der Waals surface area contributed by atoms with E-state index < -0.39 is 12.1 Å². The average Bonchev–Trinajstić information content (AvgIpc) is 2.67. The van der Waals surface area contributed by atoms with Crippen LogP contribution in [0.15, 0.2) is 60.7 Å². The lowest BCUT2D eigenvalue weighted by Gasteiger charge is -2.21. The van der Waals surface area contributed by atoms with E-state index in [0.717, 1.165) is 17.5 Å². The maximum atomic E-state index is 12.5. The summed E-state index contributed by atoms with van der Waals surface area (Å²) in [5.74, 6) is -0.208. The van der Waals surface area contributed by atoms with Crippen molar-refractivity contribution in [3.05, 3.63) is 71.8 Å². The summed E-state index contributed by atoms with van der Waals surface area (Å²) in [5.41, 5.74) is 1.87. The minimum atomic E-state index is -0.685. The second-order valence-corrected chi connectivity index (χ2v) is 6.27. The van der Waals surface area contributed by atoms with Crippen LogP contribution in [0, 0.1) is 0 Å². The van der Waals surface area contributed by atoms with E-state index in [9.17, 15) is 9.59 Å². The minimum Gasteiger partial charge on any atom is -0.445 e. The Labute approximate surface area is 154 Å². The zero-order valence-electron chi connectivity index (χ0n) is 15.3. The van der Waals surface area contributed by atoms with Crippen molar-refractivity contribution in [1.29, 1.82) is 0 Å². The maximum absolute atomic E-state index is 12.5. The summed E-state index contributed by atoms with van der Waals surface area (Å²) >= 11 is 0. The highest BCUT2D eigenvalue weighted by molar-refractivity contribution is 5.86. The number of nitrogens with one attached hydrogen (secondary N) is 2. The molecule has 2 atom stereocenters. The quantitative estimate of drug-likeness (QED) is 0.763. The Balaban J connectivity index is 1.97. The molecule has 26 heavy (non-hydrogen) atoms. The molecule has 2 rings (SSSR count). The van der Waals surface area contributed by atoms with Crippen LogP contribution in [0.25, 0.3) is 0 Å². The smallest absolute Gasteiger partial charge is 0.408 e. The van der Waals surface area contributed by atoms with Gasteiger partial charge in [0.1, 0.15) is 12.6 Å². The van der Waals surface area contributed by atoms with Gasteiger partial charge in [-0.15, -0.1) is 0 Å². The van der Waals surface area contributed by atoms with Gasteiger partial charge in [0.15, 0.2) is 0 Å². The third-order valence-corrected chi connectivity index (χ3v) is 4.11. The SMILES string of the molecule is CC[C@H](C)NC(=O)[C@H](Cc1ccccc1)NC(=O)OCc1ccccc1. The number of benzene rings is 2. The fourth-order valence-electron chi connectivity index (χ4n) is 2.41. The molecule has 5 nitrogen and oxygen atoms in total. The maximum Gasteiger partial charge on any atom is 0.408 e. The largest absolute Gasteiger partial charge is 0.445 e. The van der Waals surface area contributed by atoms with Crippen LogP contribution in [-0.2, 0) is 22.6 Å². The lowest BCUT2D eigenvalue weighted by atomic mass is 10.0. The van der Waals surface area contributed by atoms with Crippen LogP contribution < -0.4 is 10.6 Å². The van der Waals surface area contributed by atoms with Gasteiger partial charge in [0.2, 0.25) is 5.91 Å². The summed E-state index contributed by atoms with van der Waals surface area (Å²) in [7, 11) is 0. The normalized spacial score (nSPS) is 12.7. The summed E-state index contributed by atoms with van der Waals surface area (Å²) in [6.45, 7) is 4.10. The van der Waals surface area contributed by atoms with E-state index in [0.29, 0.717) is 6.42 Å². The van der Waals surface area contributed by atoms with Gasteiger partial charge in [-0.2, -0.15) is 0 Å². The highest BCUT2D eigenvalue weighted by Crippen LogP contribution is 2.06. The van der Waals surface area contributed by atoms with Gasteiger partial charge in [0.25, 0.3) is 0 Å². The molecule has 0 heterocycles. The Hall–Kier alpha value is -2.82. The van der Waals surface area contributed by atoms with Gasteiger partial charge in [-0.25, -0.2) is 4.79 Å². The molecule has 2 N–H and O–H groups in total. The molecule has 0 radical (unpaired) electrons. The molecule has 138 valence electrons. The molecule has 0 aliphatic rings. The minimum absolute atomic E-state index is 0.0444. The molecule has 0 fully saturated rings. The first-order valence-corrected chi connectivity index (χ1v) is 8.90. The average molecular weight is 354 g/mol. The van der Waals surface area contributed by atoms with E-state index >= 15 is 0 Å². The van der Waals surface area contributed by atoms with Crippen LogP contribution in [0.3, 0.4) is 0 Å². The van der Waals surface area contributed by atoms with E-state index in [4.69, 9.17) is 4.74 Å². The Bertz CT molecular complexity index is 689. The van der Waals surface area contributed by atoms with Crippen molar-refractivity contribution >= 4 is 12.0 Å². The number of carbonyl (C=O) groups is 2. The topological polar surface area (TPSA) is 67.4 Å². The van der Waals surface area contributed by atoms with Gasteiger partial charge < -0.3 is 15.4 Å². The van der Waals surface area contributed by atoms with Gasteiger partial charge in [0, 0.05) is 12.5 Å². The number of ether oxygens (including phenoxy) is 1. The molecule has 0 saturated heterocycles. The van der Waals surface area contributed by atoms with Crippen LogP contribution in [0.4, 0.5) is 4.79 Å². The van der Waals surface area contributed by atoms with E-state index in [1.807, 2.05) is 74.5 Å². The fraction of sp³-hybridized carbons (Fsp3) is 0.333. The first kappa shape index (κ1) is 19.5. The monoisotopic (exact) mass is 354 g/mol. The van der Waals surface area contributed by atoms with Crippen molar-refractivity contribution in [3.8, 4) is 0 Å². The number of hydrogen-bond acceptors (Lipinski definition) is 3. The van der Waals surface area contributed by atoms with Gasteiger partial charge in [0.05, 0.1) is 0 Å². The third kappa shape index (κ3) is 6.59. The Morgan fingerprint density at radius 3 is 2.08 bits per heavy atom. The van der Waals surface area contributed by atoms with Crippen molar-refractivity contribution in [2.75, 3.05) is 0 Å². The third-order valence-electron chi connectivity index (χ3n) is 4.11. The summed E-state index contributed by atoms with van der Waals surface area (Å²) < 4.78 is 5.25. The van der Waals surface area contributed by atoms with Crippen molar-refractivity contribution < 1.29 is 14.3 Å². The standard InChI is InChI=1S/C21H26N2O3/c1-3-16(2)22-20(24)19(14-17-10-6-4-7-11-17)23-21(25)26-15-18-12-8-5-9-13-18/h4-13,16,19H,3,14-15H2,1-2H3,(H,22,24)(H,23,25)/t16-,19-/m0/s1. The Kier molecular flexibility index (Phi) is 7.68. The molecule has 2 amide bonds. The molecule has 2 aromatic rings. The van der Waals surface area contributed by atoms with Crippen molar-refractivity contribution in [2.24, 2.45) is 0 Å². The Morgan fingerprint density at radius 2 is 1.50 bits per heavy atom. The zero-order chi connectivity index (χ0) is 18.8. The van der Waals surface area contributed by atoms with Crippen LogP contribution >= 0.6 is 0 Å². The molecular formula is C21H26N2O3. The number of amides is 2. The predicted molar refractivity (Wildman–Crippen MR) is 102 cm³/mol. The molecule has 0 spiro atoms. The lowest BCUT2D eigenvalue weighted by molar-refractivity contribution is -0.123. The van der Waals surface area contributed by atoms with Crippen LogP contribution in [0.2, 0.25) is 0 Å². The number of rotatable bonds is 8. The fourth-order valence-corrected chi connectivity index (χ4v) is 2.41. The van der Waals surface area contributed by atoms with E-state index in [-0.39, 0.29) is 18.6 Å².